The van der Waals surface area contributed by atoms with Gasteiger partial charge in [-0.1, -0.05) is 6.42 Å². The summed E-state index contributed by atoms with van der Waals surface area (Å²) < 4.78 is 0. The van der Waals surface area contributed by atoms with Gasteiger partial charge in [-0.25, -0.2) is 4.98 Å². The minimum Gasteiger partial charge on any atom is -0.366 e. The minimum atomic E-state index is -0.595. The summed E-state index contributed by atoms with van der Waals surface area (Å²) in [6.45, 7) is 1.84. The van der Waals surface area contributed by atoms with Crippen LogP contribution in [0.15, 0.2) is 12.1 Å². The van der Waals surface area contributed by atoms with Crippen molar-refractivity contribution in [3.05, 3.63) is 27.9 Å². The van der Waals surface area contributed by atoms with Crippen molar-refractivity contribution in [2.45, 2.75) is 25.3 Å². The van der Waals surface area contributed by atoms with E-state index in [1.54, 1.807) is 12.1 Å². The van der Waals surface area contributed by atoms with Crippen LogP contribution in [-0.4, -0.2) is 29.0 Å². The normalized spacial score (nSPS) is 19.2. The summed E-state index contributed by atoms with van der Waals surface area (Å²) in [6, 6.07) is 4.86. The summed E-state index contributed by atoms with van der Waals surface area (Å²) in [7, 11) is 0. The molecule has 0 spiro atoms. The smallest absolute Gasteiger partial charge is 0.305 e. The van der Waals surface area contributed by atoms with Crippen LogP contribution >= 0.6 is 0 Å². The predicted octanol–water partition coefficient (Wildman–Crippen LogP) is 1.42. The summed E-state index contributed by atoms with van der Waals surface area (Å²) in [4.78, 5) is 14.1. The Bertz CT molecular complexity index is 503. The molecule has 0 bridgehead atoms. The molecule has 1 aliphatic rings. The van der Waals surface area contributed by atoms with Crippen molar-refractivity contribution in [1.82, 2.24) is 10.3 Å². The monoisotopic (exact) mass is 261 g/mol. The van der Waals surface area contributed by atoms with Gasteiger partial charge in [-0.2, -0.15) is 5.26 Å². The molecule has 7 heteroatoms. The number of hydrogen-bond donors (Lipinski definition) is 2. The van der Waals surface area contributed by atoms with E-state index >= 15 is 0 Å². The zero-order chi connectivity index (χ0) is 13.7. The topological polar surface area (TPSA) is 104 Å². The highest BCUT2D eigenvalue weighted by molar-refractivity contribution is 5.50. The molecule has 0 aliphatic carbocycles. The molecule has 2 N–H and O–H groups in total. The van der Waals surface area contributed by atoms with E-state index in [0.29, 0.717) is 5.82 Å². The molecule has 0 radical (unpaired) electrons. The number of nitro groups is 1. The fourth-order valence-corrected chi connectivity index (χ4v) is 2.11. The maximum atomic E-state index is 10.7. The lowest BCUT2D eigenvalue weighted by molar-refractivity contribution is -0.385. The predicted molar refractivity (Wildman–Crippen MR) is 69.7 cm³/mol. The Balaban J connectivity index is 2.12. The van der Waals surface area contributed by atoms with Crippen molar-refractivity contribution >= 4 is 11.5 Å². The molecule has 0 amide bonds. The van der Waals surface area contributed by atoms with Gasteiger partial charge in [0.05, 0.1) is 4.92 Å². The fraction of sp³-hybridized carbons (Fsp3) is 0.500. The summed E-state index contributed by atoms with van der Waals surface area (Å²) in [6.07, 6.45) is 3.30. The number of nitrogens with zero attached hydrogens (tertiary/aromatic N) is 3. The van der Waals surface area contributed by atoms with Gasteiger partial charge in [0.25, 0.3) is 0 Å². The zero-order valence-electron chi connectivity index (χ0n) is 10.4. The first-order valence-corrected chi connectivity index (χ1v) is 6.23. The molecular weight excluding hydrogens is 246 g/mol. The van der Waals surface area contributed by atoms with Gasteiger partial charge in [-0.3, -0.25) is 10.1 Å². The van der Waals surface area contributed by atoms with E-state index in [9.17, 15) is 10.1 Å². The standard InChI is InChI=1S/C12H15N5O2/c13-7-10-11(17(18)19)4-5-12(16-10)15-9-3-1-2-6-14-8-9/h4-5,9,14H,1-3,6,8H2,(H,15,16). The van der Waals surface area contributed by atoms with Crippen molar-refractivity contribution in [3.8, 4) is 6.07 Å². The third kappa shape index (κ3) is 3.39. The van der Waals surface area contributed by atoms with Gasteiger partial charge in [-0.05, 0) is 25.5 Å². The van der Waals surface area contributed by atoms with Crippen molar-refractivity contribution in [3.63, 3.8) is 0 Å². The van der Waals surface area contributed by atoms with Gasteiger partial charge in [-0.15, -0.1) is 0 Å². The van der Waals surface area contributed by atoms with E-state index in [2.05, 4.69) is 15.6 Å². The van der Waals surface area contributed by atoms with E-state index in [1.165, 1.54) is 6.07 Å². The minimum absolute atomic E-state index is 0.156. The zero-order valence-corrected chi connectivity index (χ0v) is 10.4. The summed E-state index contributed by atoms with van der Waals surface area (Å²) in [5, 5.41) is 26.1. The number of aromatic nitrogens is 1. The van der Waals surface area contributed by atoms with Crippen molar-refractivity contribution < 1.29 is 4.92 Å². The van der Waals surface area contributed by atoms with E-state index in [0.717, 1.165) is 32.4 Å². The molecule has 19 heavy (non-hydrogen) atoms. The first-order valence-electron chi connectivity index (χ1n) is 6.23. The van der Waals surface area contributed by atoms with E-state index < -0.39 is 4.92 Å². The SMILES string of the molecule is N#Cc1nc(NC2CCCCNC2)ccc1[N+](=O)[O-]. The largest absolute Gasteiger partial charge is 0.366 e. The molecule has 7 nitrogen and oxygen atoms in total. The lowest BCUT2D eigenvalue weighted by Gasteiger charge is -2.16. The molecule has 1 aliphatic heterocycles. The Kier molecular flexibility index (Phi) is 4.26. The van der Waals surface area contributed by atoms with Crippen LogP contribution in [0, 0.1) is 21.4 Å². The molecule has 1 fully saturated rings. The number of pyridine rings is 1. The lowest BCUT2D eigenvalue weighted by Crippen LogP contribution is -2.31. The Morgan fingerprint density at radius 1 is 1.53 bits per heavy atom. The van der Waals surface area contributed by atoms with Crippen LogP contribution in [0.5, 0.6) is 0 Å². The number of anilines is 1. The Labute approximate surface area is 110 Å². The van der Waals surface area contributed by atoms with E-state index in [4.69, 9.17) is 5.26 Å². The molecule has 1 unspecified atom stereocenters. The number of nitriles is 1. The van der Waals surface area contributed by atoms with E-state index in [1.807, 2.05) is 0 Å². The van der Waals surface area contributed by atoms with Gasteiger partial charge >= 0.3 is 5.69 Å². The van der Waals surface area contributed by atoms with Gasteiger partial charge < -0.3 is 10.6 Å². The Morgan fingerprint density at radius 2 is 2.37 bits per heavy atom. The quantitative estimate of drug-likeness (QED) is 0.629. The second kappa shape index (κ2) is 6.11. The van der Waals surface area contributed by atoms with E-state index in [-0.39, 0.29) is 17.4 Å². The van der Waals surface area contributed by atoms with Crippen LogP contribution in [0.1, 0.15) is 25.0 Å². The van der Waals surface area contributed by atoms with Crippen LogP contribution < -0.4 is 10.6 Å². The van der Waals surface area contributed by atoms with Crippen molar-refractivity contribution in [2.75, 3.05) is 18.4 Å². The van der Waals surface area contributed by atoms with Crippen LogP contribution in [0.25, 0.3) is 0 Å². The highest BCUT2D eigenvalue weighted by Crippen LogP contribution is 2.19. The molecule has 1 saturated heterocycles. The number of nitrogens with one attached hydrogen (secondary N) is 2. The second-order valence-electron chi connectivity index (χ2n) is 4.47. The first kappa shape index (κ1) is 13.2. The molecule has 1 atom stereocenters. The van der Waals surface area contributed by atoms with Crippen molar-refractivity contribution in [2.24, 2.45) is 0 Å². The van der Waals surface area contributed by atoms with Crippen LogP contribution in [0.2, 0.25) is 0 Å². The first-order chi connectivity index (χ1) is 9.20. The van der Waals surface area contributed by atoms with Crippen LogP contribution in [0.4, 0.5) is 11.5 Å². The lowest BCUT2D eigenvalue weighted by atomic mass is 10.1. The Morgan fingerprint density at radius 3 is 3.11 bits per heavy atom. The highest BCUT2D eigenvalue weighted by atomic mass is 16.6. The molecule has 1 aromatic rings. The average Bonchev–Trinajstić information content (AvgIpc) is 2.67. The molecule has 1 aromatic heterocycles. The molecule has 0 saturated carbocycles. The average molecular weight is 261 g/mol. The van der Waals surface area contributed by atoms with Crippen LogP contribution in [-0.2, 0) is 0 Å². The van der Waals surface area contributed by atoms with Gasteiger partial charge in [0.2, 0.25) is 5.69 Å². The van der Waals surface area contributed by atoms with Gasteiger partial charge in [0, 0.05) is 18.7 Å². The molecule has 2 rings (SSSR count). The summed E-state index contributed by atoms with van der Waals surface area (Å²) in [5.74, 6) is 0.510. The van der Waals surface area contributed by atoms with Gasteiger partial charge in [0.15, 0.2) is 0 Å². The summed E-state index contributed by atoms with van der Waals surface area (Å²) >= 11 is 0. The molecule has 2 heterocycles. The second-order valence-corrected chi connectivity index (χ2v) is 4.47. The maximum Gasteiger partial charge on any atom is 0.305 e. The maximum absolute atomic E-state index is 10.7. The van der Waals surface area contributed by atoms with Gasteiger partial charge in [0.1, 0.15) is 11.9 Å². The Hall–Kier alpha value is -2.20. The molecule has 0 aromatic carbocycles. The molecule has 100 valence electrons. The molecular formula is C12H15N5O2. The highest BCUT2D eigenvalue weighted by Gasteiger charge is 2.17. The number of rotatable bonds is 3. The third-order valence-corrected chi connectivity index (χ3v) is 3.08. The third-order valence-electron chi connectivity index (χ3n) is 3.08. The van der Waals surface area contributed by atoms with Crippen molar-refractivity contribution in [1.29, 1.82) is 5.26 Å². The van der Waals surface area contributed by atoms with Crippen LogP contribution in [0.3, 0.4) is 0 Å². The summed E-state index contributed by atoms with van der Waals surface area (Å²) in [5.41, 5.74) is -0.413. The fourth-order valence-electron chi connectivity index (χ4n) is 2.11. The number of hydrogen-bond acceptors (Lipinski definition) is 6.